The first-order chi connectivity index (χ1) is 12.2. The SMILES string of the molecule is O=C1c2ccccc2C(=O)c2c1ccc1c2c(=O)oc2ccccc21. The summed E-state index contributed by atoms with van der Waals surface area (Å²) in [4.78, 5) is 38.4. The average molecular weight is 326 g/mol. The monoisotopic (exact) mass is 326 g/mol. The van der Waals surface area contributed by atoms with Crippen LogP contribution in [0.2, 0.25) is 0 Å². The summed E-state index contributed by atoms with van der Waals surface area (Å²) in [6.45, 7) is 0. The Bertz CT molecular complexity index is 1290. The summed E-state index contributed by atoms with van der Waals surface area (Å²) < 4.78 is 5.39. The first kappa shape index (κ1) is 13.9. The highest BCUT2D eigenvalue weighted by Gasteiger charge is 2.32. The van der Waals surface area contributed by atoms with Gasteiger partial charge in [0.1, 0.15) is 5.58 Å². The molecule has 4 heteroatoms. The molecule has 1 aliphatic rings. The van der Waals surface area contributed by atoms with Gasteiger partial charge in [0.25, 0.3) is 0 Å². The Morgan fingerprint density at radius 1 is 0.600 bits per heavy atom. The van der Waals surface area contributed by atoms with Crippen LogP contribution >= 0.6 is 0 Å². The van der Waals surface area contributed by atoms with Crippen molar-refractivity contribution in [1.29, 1.82) is 0 Å². The van der Waals surface area contributed by atoms with Gasteiger partial charge in [-0.2, -0.15) is 0 Å². The van der Waals surface area contributed by atoms with Gasteiger partial charge < -0.3 is 4.42 Å². The van der Waals surface area contributed by atoms with Crippen LogP contribution in [0.3, 0.4) is 0 Å². The third-order valence-electron chi connectivity index (χ3n) is 4.68. The molecule has 0 unspecified atom stereocenters. The predicted octanol–water partition coefficient (Wildman–Crippen LogP) is 3.72. The smallest absolute Gasteiger partial charge is 0.344 e. The summed E-state index contributed by atoms with van der Waals surface area (Å²) in [7, 11) is 0. The maximum absolute atomic E-state index is 13.0. The molecule has 0 saturated carbocycles. The van der Waals surface area contributed by atoms with Crippen LogP contribution in [0.15, 0.2) is 69.9 Å². The fourth-order valence-electron chi connectivity index (χ4n) is 3.55. The van der Waals surface area contributed by atoms with Crippen LogP contribution in [-0.2, 0) is 0 Å². The van der Waals surface area contributed by atoms with Crippen molar-refractivity contribution in [3.63, 3.8) is 0 Å². The van der Waals surface area contributed by atoms with E-state index >= 15 is 0 Å². The van der Waals surface area contributed by atoms with Crippen molar-refractivity contribution in [2.75, 3.05) is 0 Å². The highest BCUT2D eigenvalue weighted by Crippen LogP contribution is 2.33. The second-order valence-corrected chi connectivity index (χ2v) is 6.00. The van der Waals surface area contributed by atoms with Crippen LogP contribution in [0, 0.1) is 0 Å². The highest BCUT2D eigenvalue weighted by molar-refractivity contribution is 6.32. The number of benzene rings is 3. The topological polar surface area (TPSA) is 64.3 Å². The molecule has 0 aliphatic heterocycles. The maximum atomic E-state index is 13.0. The number of carbonyl (C=O) groups is 2. The zero-order chi connectivity index (χ0) is 17.1. The number of para-hydroxylation sites is 1. The lowest BCUT2D eigenvalue weighted by molar-refractivity contribution is 0.0980. The molecule has 0 spiro atoms. The summed E-state index contributed by atoms with van der Waals surface area (Å²) in [5.74, 6) is -0.571. The molecule has 1 aromatic heterocycles. The molecule has 25 heavy (non-hydrogen) atoms. The van der Waals surface area contributed by atoms with Crippen LogP contribution in [0.5, 0.6) is 0 Å². The molecule has 0 amide bonds. The Morgan fingerprint density at radius 3 is 2.08 bits per heavy atom. The normalized spacial score (nSPS) is 13.1. The molecular weight excluding hydrogens is 316 g/mol. The van der Waals surface area contributed by atoms with Crippen molar-refractivity contribution in [3.8, 4) is 0 Å². The number of fused-ring (bicyclic) bond motifs is 6. The standard InChI is InChI=1S/C21H10O4/c22-19-13-6-1-2-7-14(13)20(23)17-15(19)10-9-12-11-5-3-4-8-16(11)25-21(24)18(12)17/h1-10H. The number of rotatable bonds is 0. The summed E-state index contributed by atoms with van der Waals surface area (Å²) in [5.41, 5.74) is 0.921. The van der Waals surface area contributed by atoms with Gasteiger partial charge in [-0.15, -0.1) is 0 Å². The zero-order valence-corrected chi connectivity index (χ0v) is 12.9. The van der Waals surface area contributed by atoms with Gasteiger partial charge in [0.15, 0.2) is 11.6 Å². The van der Waals surface area contributed by atoms with Gasteiger partial charge in [0, 0.05) is 33.0 Å². The molecule has 4 nitrogen and oxygen atoms in total. The van der Waals surface area contributed by atoms with E-state index in [2.05, 4.69) is 0 Å². The minimum absolute atomic E-state index is 0.140. The van der Waals surface area contributed by atoms with Gasteiger partial charge in [-0.1, -0.05) is 48.5 Å². The molecular formula is C21H10O4. The van der Waals surface area contributed by atoms with Gasteiger partial charge in [-0.05, 0) is 12.1 Å². The molecule has 0 radical (unpaired) electrons. The molecule has 0 N–H and O–H groups in total. The molecule has 0 fully saturated rings. The molecule has 1 heterocycles. The van der Waals surface area contributed by atoms with Crippen molar-refractivity contribution >= 4 is 33.3 Å². The summed E-state index contributed by atoms with van der Waals surface area (Å²) in [6.07, 6.45) is 0. The first-order valence-corrected chi connectivity index (χ1v) is 7.84. The van der Waals surface area contributed by atoms with E-state index in [0.29, 0.717) is 22.1 Å². The van der Waals surface area contributed by atoms with E-state index in [1.54, 1.807) is 48.5 Å². The van der Waals surface area contributed by atoms with E-state index in [9.17, 15) is 14.4 Å². The van der Waals surface area contributed by atoms with Crippen molar-refractivity contribution in [2.45, 2.75) is 0 Å². The lowest BCUT2D eigenvalue weighted by Gasteiger charge is -2.18. The van der Waals surface area contributed by atoms with E-state index in [-0.39, 0.29) is 28.1 Å². The van der Waals surface area contributed by atoms with Crippen LogP contribution < -0.4 is 5.63 Å². The van der Waals surface area contributed by atoms with E-state index in [1.165, 1.54) is 0 Å². The van der Waals surface area contributed by atoms with Crippen LogP contribution in [0.4, 0.5) is 0 Å². The van der Waals surface area contributed by atoms with Gasteiger partial charge in [0.2, 0.25) is 0 Å². The molecule has 0 saturated heterocycles. The van der Waals surface area contributed by atoms with Crippen LogP contribution in [0.1, 0.15) is 31.8 Å². The fourth-order valence-corrected chi connectivity index (χ4v) is 3.55. The Labute approximate surface area is 141 Å². The number of hydrogen-bond donors (Lipinski definition) is 0. The zero-order valence-electron chi connectivity index (χ0n) is 12.9. The van der Waals surface area contributed by atoms with Crippen molar-refractivity contribution in [1.82, 2.24) is 0 Å². The largest absolute Gasteiger partial charge is 0.422 e. The Morgan fingerprint density at radius 2 is 1.28 bits per heavy atom. The second kappa shape index (κ2) is 4.74. The van der Waals surface area contributed by atoms with E-state index in [1.807, 2.05) is 12.1 Å². The lowest BCUT2D eigenvalue weighted by Crippen LogP contribution is -2.23. The molecule has 5 rings (SSSR count). The number of hydrogen-bond acceptors (Lipinski definition) is 4. The molecule has 0 atom stereocenters. The highest BCUT2D eigenvalue weighted by atomic mass is 16.4. The van der Waals surface area contributed by atoms with Crippen molar-refractivity contribution in [3.05, 3.63) is 93.3 Å². The van der Waals surface area contributed by atoms with Crippen LogP contribution in [0.25, 0.3) is 21.7 Å². The summed E-state index contributed by atoms with van der Waals surface area (Å²) in [5, 5.41) is 1.52. The third-order valence-corrected chi connectivity index (χ3v) is 4.68. The van der Waals surface area contributed by atoms with Gasteiger partial charge in [-0.3, -0.25) is 9.59 Å². The third kappa shape index (κ3) is 1.73. The average Bonchev–Trinajstić information content (AvgIpc) is 2.65. The summed E-state index contributed by atoms with van der Waals surface area (Å²) in [6, 6.07) is 17.2. The second-order valence-electron chi connectivity index (χ2n) is 6.00. The van der Waals surface area contributed by atoms with Crippen molar-refractivity contribution in [2.24, 2.45) is 0 Å². The maximum Gasteiger partial charge on any atom is 0.344 e. The van der Waals surface area contributed by atoms with Gasteiger partial charge in [0.05, 0.1) is 5.39 Å². The van der Waals surface area contributed by atoms with E-state index in [4.69, 9.17) is 4.42 Å². The van der Waals surface area contributed by atoms with Crippen LogP contribution in [-0.4, -0.2) is 11.6 Å². The molecule has 3 aromatic carbocycles. The minimum atomic E-state index is -0.605. The van der Waals surface area contributed by atoms with Gasteiger partial charge in [-0.25, -0.2) is 4.79 Å². The number of ketones is 2. The number of carbonyl (C=O) groups excluding carboxylic acids is 2. The lowest BCUT2D eigenvalue weighted by atomic mass is 9.82. The first-order valence-electron chi connectivity index (χ1n) is 7.84. The summed E-state index contributed by atoms with van der Waals surface area (Å²) >= 11 is 0. The van der Waals surface area contributed by atoms with Crippen molar-refractivity contribution < 1.29 is 14.0 Å². The van der Waals surface area contributed by atoms with E-state index < -0.39 is 5.63 Å². The molecule has 118 valence electrons. The molecule has 0 bridgehead atoms. The molecule has 4 aromatic rings. The Hall–Kier alpha value is -3.53. The van der Waals surface area contributed by atoms with Gasteiger partial charge >= 0.3 is 5.63 Å². The predicted molar refractivity (Wildman–Crippen MR) is 93.3 cm³/mol. The Balaban J connectivity index is 1.99. The van der Waals surface area contributed by atoms with E-state index in [0.717, 1.165) is 5.39 Å². The minimum Gasteiger partial charge on any atom is -0.422 e. The Kier molecular flexibility index (Phi) is 2.63. The quantitative estimate of drug-likeness (QED) is 0.321. The fraction of sp³-hybridized carbons (Fsp3) is 0. The molecule has 1 aliphatic carbocycles.